The van der Waals surface area contributed by atoms with E-state index in [4.69, 9.17) is 9.47 Å². The third kappa shape index (κ3) is 3.12. The number of hydrogen-bond acceptors (Lipinski definition) is 3. The van der Waals surface area contributed by atoms with Gasteiger partial charge in [-0.3, -0.25) is 0 Å². The Morgan fingerprint density at radius 1 is 1.31 bits per heavy atom. The lowest BCUT2D eigenvalue weighted by Gasteiger charge is -2.07. The zero-order chi connectivity index (χ0) is 12.0. The van der Waals surface area contributed by atoms with E-state index in [0.717, 1.165) is 5.56 Å². The summed E-state index contributed by atoms with van der Waals surface area (Å²) in [5, 5.41) is 0. The molecular formula is C13H16O3. The fraction of sp³-hybridized carbons (Fsp3) is 0.308. The Bertz CT molecular complexity index is 383. The van der Waals surface area contributed by atoms with Gasteiger partial charge >= 0.3 is 5.97 Å². The molecule has 86 valence electrons. The summed E-state index contributed by atoms with van der Waals surface area (Å²) >= 11 is 0. The first-order chi connectivity index (χ1) is 7.71. The molecule has 0 aliphatic heterocycles. The van der Waals surface area contributed by atoms with Crippen molar-refractivity contribution < 1.29 is 14.3 Å². The molecule has 3 heteroatoms. The molecule has 0 spiro atoms. The van der Waals surface area contributed by atoms with Crippen LogP contribution in [0.4, 0.5) is 0 Å². The molecule has 0 aliphatic carbocycles. The minimum Gasteiger partial charge on any atom is -0.494 e. The van der Waals surface area contributed by atoms with Gasteiger partial charge in [0.15, 0.2) is 0 Å². The normalized spacial score (nSPS) is 9.62. The fourth-order valence-corrected chi connectivity index (χ4v) is 1.32. The summed E-state index contributed by atoms with van der Waals surface area (Å²) in [7, 11) is 0. The maximum absolute atomic E-state index is 11.6. The third-order valence-electron chi connectivity index (χ3n) is 1.99. The van der Waals surface area contributed by atoms with Crippen LogP contribution in [0.3, 0.4) is 0 Å². The standard InChI is InChI=1S/C13H16O3/c1-4-10-7-11(13(14)16-6-3)9-12(8-10)15-5-2/h4,7-9H,1,5-6H2,2-3H3. The van der Waals surface area contributed by atoms with Crippen LogP contribution < -0.4 is 4.74 Å². The minimum atomic E-state index is -0.341. The molecule has 3 nitrogen and oxygen atoms in total. The van der Waals surface area contributed by atoms with Gasteiger partial charge < -0.3 is 9.47 Å². The van der Waals surface area contributed by atoms with Crippen molar-refractivity contribution in [2.45, 2.75) is 13.8 Å². The first kappa shape index (κ1) is 12.3. The summed E-state index contributed by atoms with van der Waals surface area (Å²) in [6.07, 6.45) is 1.67. The molecule has 0 fully saturated rings. The van der Waals surface area contributed by atoms with Crippen LogP contribution in [0.1, 0.15) is 29.8 Å². The second-order valence-electron chi connectivity index (χ2n) is 3.15. The number of hydrogen-bond donors (Lipinski definition) is 0. The molecule has 0 aromatic heterocycles. The number of ether oxygens (including phenoxy) is 2. The van der Waals surface area contributed by atoms with Gasteiger partial charge in [-0.1, -0.05) is 12.7 Å². The Labute approximate surface area is 95.7 Å². The molecule has 1 rings (SSSR count). The van der Waals surface area contributed by atoms with Gasteiger partial charge in [-0.2, -0.15) is 0 Å². The second-order valence-corrected chi connectivity index (χ2v) is 3.15. The molecule has 0 saturated carbocycles. The summed E-state index contributed by atoms with van der Waals surface area (Å²) in [5.41, 5.74) is 1.33. The highest BCUT2D eigenvalue weighted by molar-refractivity contribution is 5.90. The van der Waals surface area contributed by atoms with Crippen LogP contribution in [0, 0.1) is 0 Å². The molecule has 0 atom stereocenters. The lowest BCUT2D eigenvalue weighted by Crippen LogP contribution is -2.05. The summed E-state index contributed by atoms with van der Waals surface area (Å²) in [4.78, 5) is 11.6. The zero-order valence-corrected chi connectivity index (χ0v) is 9.66. The van der Waals surface area contributed by atoms with Crippen molar-refractivity contribution in [2.75, 3.05) is 13.2 Å². The minimum absolute atomic E-state index is 0.341. The SMILES string of the molecule is C=Cc1cc(OCC)cc(C(=O)OCC)c1. The van der Waals surface area contributed by atoms with E-state index < -0.39 is 0 Å². The molecule has 0 heterocycles. The van der Waals surface area contributed by atoms with Crippen LogP contribution in [-0.4, -0.2) is 19.2 Å². The molecule has 0 N–H and O–H groups in total. The van der Waals surface area contributed by atoms with Crippen molar-refractivity contribution in [3.8, 4) is 5.75 Å². The summed E-state index contributed by atoms with van der Waals surface area (Å²) < 4.78 is 10.3. The Hall–Kier alpha value is -1.77. The molecule has 16 heavy (non-hydrogen) atoms. The van der Waals surface area contributed by atoms with Gasteiger partial charge in [-0.25, -0.2) is 4.79 Å². The Kier molecular flexibility index (Phi) is 4.58. The smallest absolute Gasteiger partial charge is 0.338 e. The fourth-order valence-electron chi connectivity index (χ4n) is 1.32. The number of carbonyl (C=O) groups excluding carboxylic acids is 1. The Morgan fingerprint density at radius 3 is 2.62 bits per heavy atom. The third-order valence-corrected chi connectivity index (χ3v) is 1.99. The van der Waals surface area contributed by atoms with Crippen LogP contribution in [0.2, 0.25) is 0 Å². The number of esters is 1. The summed E-state index contributed by atoms with van der Waals surface area (Å²) in [6.45, 7) is 8.26. The van der Waals surface area contributed by atoms with Gasteiger partial charge in [0, 0.05) is 0 Å². The van der Waals surface area contributed by atoms with Gasteiger partial charge in [0.2, 0.25) is 0 Å². The Morgan fingerprint density at radius 2 is 2.06 bits per heavy atom. The van der Waals surface area contributed by atoms with E-state index in [0.29, 0.717) is 24.5 Å². The quantitative estimate of drug-likeness (QED) is 0.716. The molecule has 0 radical (unpaired) electrons. The molecule has 0 aliphatic rings. The van der Waals surface area contributed by atoms with Crippen LogP contribution in [-0.2, 0) is 4.74 Å². The summed E-state index contributed by atoms with van der Waals surface area (Å²) in [5.74, 6) is 0.315. The van der Waals surface area contributed by atoms with E-state index in [1.807, 2.05) is 13.0 Å². The molecule has 0 bridgehead atoms. The van der Waals surface area contributed by atoms with E-state index >= 15 is 0 Å². The largest absolute Gasteiger partial charge is 0.494 e. The number of benzene rings is 1. The maximum atomic E-state index is 11.6. The molecular weight excluding hydrogens is 204 g/mol. The average Bonchev–Trinajstić information content (AvgIpc) is 2.29. The zero-order valence-electron chi connectivity index (χ0n) is 9.66. The van der Waals surface area contributed by atoms with Crippen molar-refractivity contribution >= 4 is 12.0 Å². The van der Waals surface area contributed by atoms with Crippen LogP contribution in [0.15, 0.2) is 24.8 Å². The monoisotopic (exact) mass is 220 g/mol. The number of carbonyl (C=O) groups is 1. The number of rotatable bonds is 5. The van der Waals surface area contributed by atoms with E-state index in [9.17, 15) is 4.79 Å². The van der Waals surface area contributed by atoms with Crippen molar-refractivity contribution in [3.05, 3.63) is 35.9 Å². The average molecular weight is 220 g/mol. The Balaban J connectivity index is 3.03. The predicted molar refractivity (Wildman–Crippen MR) is 63.7 cm³/mol. The van der Waals surface area contributed by atoms with Crippen LogP contribution >= 0.6 is 0 Å². The molecule has 0 amide bonds. The first-order valence-electron chi connectivity index (χ1n) is 5.28. The second kappa shape index (κ2) is 5.95. The summed E-state index contributed by atoms with van der Waals surface area (Å²) in [6, 6.07) is 5.24. The topological polar surface area (TPSA) is 35.5 Å². The van der Waals surface area contributed by atoms with Gasteiger partial charge in [0.1, 0.15) is 5.75 Å². The lowest BCUT2D eigenvalue weighted by molar-refractivity contribution is 0.0526. The molecule has 1 aromatic carbocycles. The lowest BCUT2D eigenvalue weighted by atomic mass is 10.1. The van der Waals surface area contributed by atoms with Crippen molar-refractivity contribution in [3.63, 3.8) is 0 Å². The van der Waals surface area contributed by atoms with E-state index in [1.54, 1.807) is 25.1 Å². The van der Waals surface area contributed by atoms with Gasteiger partial charge in [0.25, 0.3) is 0 Å². The highest BCUT2D eigenvalue weighted by atomic mass is 16.5. The first-order valence-corrected chi connectivity index (χ1v) is 5.28. The highest BCUT2D eigenvalue weighted by Crippen LogP contribution is 2.19. The predicted octanol–water partition coefficient (Wildman–Crippen LogP) is 2.91. The molecule has 1 aromatic rings. The van der Waals surface area contributed by atoms with Crippen molar-refractivity contribution in [1.29, 1.82) is 0 Å². The van der Waals surface area contributed by atoms with Crippen molar-refractivity contribution in [1.82, 2.24) is 0 Å². The van der Waals surface area contributed by atoms with E-state index in [2.05, 4.69) is 6.58 Å². The van der Waals surface area contributed by atoms with Gasteiger partial charge in [0.05, 0.1) is 18.8 Å². The maximum Gasteiger partial charge on any atom is 0.338 e. The van der Waals surface area contributed by atoms with Gasteiger partial charge in [-0.05, 0) is 37.6 Å². The highest BCUT2D eigenvalue weighted by Gasteiger charge is 2.09. The van der Waals surface area contributed by atoms with E-state index in [-0.39, 0.29) is 5.97 Å². The van der Waals surface area contributed by atoms with Gasteiger partial charge in [-0.15, -0.1) is 0 Å². The van der Waals surface area contributed by atoms with Crippen molar-refractivity contribution in [2.24, 2.45) is 0 Å². The van der Waals surface area contributed by atoms with Crippen LogP contribution in [0.5, 0.6) is 5.75 Å². The van der Waals surface area contributed by atoms with Crippen LogP contribution in [0.25, 0.3) is 6.08 Å². The molecule has 0 saturated heterocycles. The molecule has 0 unspecified atom stereocenters. The van der Waals surface area contributed by atoms with E-state index in [1.165, 1.54) is 0 Å².